The molecule has 1 unspecified atom stereocenters. The molecule has 1 atom stereocenters. The fraction of sp³-hybridized carbons (Fsp3) is 0.429. The molecular weight excluding hydrogens is 248 g/mol. The number of nitrogens with one attached hydrogen (secondary N) is 1. The Balaban J connectivity index is 2.09. The summed E-state index contributed by atoms with van der Waals surface area (Å²) < 4.78 is 5.15. The lowest BCUT2D eigenvalue weighted by Crippen LogP contribution is -2.35. The van der Waals surface area contributed by atoms with Gasteiger partial charge in [0.15, 0.2) is 0 Å². The lowest BCUT2D eigenvalue weighted by atomic mass is 10.0. The second-order valence-electron chi connectivity index (χ2n) is 4.49. The number of ether oxygens (including phenoxy) is 1. The van der Waals surface area contributed by atoms with E-state index in [0.29, 0.717) is 23.4 Å². The molecule has 0 saturated heterocycles. The SMILES string of the molecule is COc1ccc(C(CN)NC2CC=CC2)cc1Cl. The van der Waals surface area contributed by atoms with Crippen molar-refractivity contribution >= 4 is 11.6 Å². The Morgan fingerprint density at radius 1 is 1.44 bits per heavy atom. The molecule has 0 saturated carbocycles. The zero-order valence-electron chi connectivity index (χ0n) is 10.5. The van der Waals surface area contributed by atoms with Crippen LogP contribution in [0.1, 0.15) is 24.4 Å². The molecule has 0 amide bonds. The Kier molecular flexibility index (Phi) is 4.64. The van der Waals surface area contributed by atoms with E-state index in [-0.39, 0.29) is 6.04 Å². The zero-order valence-corrected chi connectivity index (χ0v) is 11.3. The standard InChI is InChI=1S/C14H19ClN2O/c1-18-14-7-6-10(8-12(14)15)13(9-16)17-11-4-2-3-5-11/h2-3,6-8,11,13,17H,4-5,9,16H2,1H3. The number of halogens is 1. The molecule has 1 aliphatic carbocycles. The average Bonchev–Trinajstić information content (AvgIpc) is 2.88. The van der Waals surface area contributed by atoms with Gasteiger partial charge >= 0.3 is 0 Å². The molecule has 18 heavy (non-hydrogen) atoms. The number of hydrogen-bond acceptors (Lipinski definition) is 3. The summed E-state index contributed by atoms with van der Waals surface area (Å²) in [5, 5.41) is 4.18. The molecule has 0 aromatic heterocycles. The van der Waals surface area contributed by atoms with Gasteiger partial charge in [0, 0.05) is 18.6 Å². The first kappa shape index (κ1) is 13.4. The number of hydrogen-bond donors (Lipinski definition) is 2. The lowest BCUT2D eigenvalue weighted by Gasteiger charge is -2.22. The van der Waals surface area contributed by atoms with Crippen LogP contribution >= 0.6 is 11.6 Å². The van der Waals surface area contributed by atoms with E-state index < -0.39 is 0 Å². The molecular formula is C14H19ClN2O. The van der Waals surface area contributed by atoms with Crippen LogP contribution in [0.5, 0.6) is 5.75 Å². The van der Waals surface area contributed by atoms with E-state index in [1.807, 2.05) is 18.2 Å². The highest BCUT2D eigenvalue weighted by Gasteiger charge is 2.17. The third kappa shape index (κ3) is 3.05. The van der Waals surface area contributed by atoms with E-state index in [1.165, 1.54) is 0 Å². The molecule has 0 fully saturated rings. The van der Waals surface area contributed by atoms with Crippen molar-refractivity contribution in [1.29, 1.82) is 0 Å². The molecule has 0 aliphatic heterocycles. The summed E-state index contributed by atoms with van der Waals surface area (Å²) in [7, 11) is 1.61. The van der Waals surface area contributed by atoms with Crippen LogP contribution in [0.3, 0.4) is 0 Å². The summed E-state index contributed by atoms with van der Waals surface area (Å²) in [6, 6.07) is 6.44. The van der Waals surface area contributed by atoms with Crippen LogP contribution in [0.15, 0.2) is 30.4 Å². The molecule has 0 heterocycles. The normalized spacial score (nSPS) is 17.1. The van der Waals surface area contributed by atoms with Crippen molar-refractivity contribution in [2.75, 3.05) is 13.7 Å². The van der Waals surface area contributed by atoms with Gasteiger partial charge in [0.05, 0.1) is 12.1 Å². The van der Waals surface area contributed by atoms with Crippen LogP contribution in [-0.2, 0) is 0 Å². The van der Waals surface area contributed by atoms with Gasteiger partial charge in [-0.05, 0) is 30.5 Å². The third-order valence-electron chi connectivity index (χ3n) is 3.26. The highest BCUT2D eigenvalue weighted by molar-refractivity contribution is 6.32. The van der Waals surface area contributed by atoms with Crippen molar-refractivity contribution in [3.8, 4) is 5.75 Å². The van der Waals surface area contributed by atoms with Gasteiger partial charge in [-0.3, -0.25) is 0 Å². The summed E-state index contributed by atoms with van der Waals surface area (Å²) in [6.07, 6.45) is 6.54. The first-order valence-electron chi connectivity index (χ1n) is 6.19. The molecule has 1 aromatic carbocycles. The zero-order chi connectivity index (χ0) is 13.0. The number of methoxy groups -OCH3 is 1. The minimum absolute atomic E-state index is 0.137. The van der Waals surface area contributed by atoms with Gasteiger partial charge in [-0.2, -0.15) is 0 Å². The van der Waals surface area contributed by atoms with Gasteiger partial charge in [0.25, 0.3) is 0 Å². The first-order valence-corrected chi connectivity index (χ1v) is 6.57. The Bertz CT molecular complexity index is 426. The Morgan fingerprint density at radius 3 is 2.72 bits per heavy atom. The predicted octanol–water partition coefficient (Wildman–Crippen LogP) is 2.66. The van der Waals surface area contributed by atoms with Gasteiger partial charge in [-0.1, -0.05) is 29.8 Å². The molecule has 1 aliphatic rings. The maximum atomic E-state index is 6.14. The van der Waals surface area contributed by atoms with Crippen LogP contribution in [0.4, 0.5) is 0 Å². The van der Waals surface area contributed by atoms with Crippen LogP contribution in [0.25, 0.3) is 0 Å². The number of nitrogens with two attached hydrogens (primary N) is 1. The van der Waals surface area contributed by atoms with Gasteiger partial charge in [-0.25, -0.2) is 0 Å². The van der Waals surface area contributed by atoms with Crippen LogP contribution in [0, 0.1) is 0 Å². The fourth-order valence-corrected chi connectivity index (χ4v) is 2.50. The van der Waals surface area contributed by atoms with Gasteiger partial charge in [-0.15, -0.1) is 0 Å². The van der Waals surface area contributed by atoms with E-state index in [2.05, 4.69) is 17.5 Å². The molecule has 3 N–H and O–H groups in total. The van der Waals surface area contributed by atoms with Gasteiger partial charge in [0.1, 0.15) is 5.75 Å². The minimum atomic E-state index is 0.137. The van der Waals surface area contributed by atoms with Crippen LogP contribution in [-0.4, -0.2) is 19.7 Å². The smallest absolute Gasteiger partial charge is 0.137 e. The molecule has 0 bridgehead atoms. The molecule has 98 valence electrons. The summed E-state index contributed by atoms with van der Waals surface area (Å²) in [6.45, 7) is 0.555. The van der Waals surface area contributed by atoms with Crippen LogP contribution < -0.4 is 15.8 Å². The largest absolute Gasteiger partial charge is 0.495 e. The van der Waals surface area contributed by atoms with E-state index in [9.17, 15) is 0 Å². The van der Waals surface area contributed by atoms with Crippen molar-refractivity contribution in [2.45, 2.75) is 24.9 Å². The monoisotopic (exact) mass is 266 g/mol. The van der Waals surface area contributed by atoms with Crippen molar-refractivity contribution in [1.82, 2.24) is 5.32 Å². The van der Waals surface area contributed by atoms with Gasteiger partial charge in [0.2, 0.25) is 0 Å². The van der Waals surface area contributed by atoms with Crippen LogP contribution in [0.2, 0.25) is 5.02 Å². The maximum absolute atomic E-state index is 6.14. The van der Waals surface area contributed by atoms with E-state index in [0.717, 1.165) is 18.4 Å². The number of rotatable bonds is 5. The molecule has 2 rings (SSSR count). The van der Waals surface area contributed by atoms with E-state index >= 15 is 0 Å². The first-order chi connectivity index (χ1) is 8.74. The molecule has 3 nitrogen and oxygen atoms in total. The Morgan fingerprint density at radius 2 is 2.17 bits per heavy atom. The van der Waals surface area contributed by atoms with E-state index in [4.69, 9.17) is 22.1 Å². The molecule has 4 heteroatoms. The second-order valence-corrected chi connectivity index (χ2v) is 4.90. The summed E-state index contributed by atoms with van der Waals surface area (Å²) in [5.41, 5.74) is 6.95. The minimum Gasteiger partial charge on any atom is -0.495 e. The Hall–Kier alpha value is -1.03. The van der Waals surface area contributed by atoms with Crippen molar-refractivity contribution < 1.29 is 4.74 Å². The predicted molar refractivity (Wildman–Crippen MR) is 75.1 cm³/mol. The second kappa shape index (κ2) is 6.23. The topological polar surface area (TPSA) is 47.3 Å². The average molecular weight is 267 g/mol. The summed E-state index contributed by atoms with van der Waals surface area (Å²) in [5.74, 6) is 0.693. The third-order valence-corrected chi connectivity index (χ3v) is 3.55. The van der Waals surface area contributed by atoms with E-state index in [1.54, 1.807) is 7.11 Å². The highest BCUT2D eigenvalue weighted by atomic mass is 35.5. The quantitative estimate of drug-likeness (QED) is 0.806. The lowest BCUT2D eigenvalue weighted by molar-refractivity contribution is 0.413. The van der Waals surface area contributed by atoms with Gasteiger partial charge < -0.3 is 15.8 Å². The molecule has 0 radical (unpaired) electrons. The highest BCUT2D eigenvalue weighted by Crippen LogP contribution is 2.28. The molecule has 1 aromatic rings. The summed E-state index contributed by atoms with van der Waals surface area (Å²) in [4.78, 5) is 0. The fourth-order valence-electron chi connectivity index (χ4n) is 2.24. The summed E-state index contributed by atoms with van der Waals surface area (Å²) >= 11 is 6.14. The van der Waals surface area contributed by atoms with Crippen molar-refractivity contribution in [3.63, 3.8) is 0 Å². The van der Waals surface area contributed by atoms with Crippen molar-refractivity contribution in [2.24, 2.45) is 5.73 Å². The number of benzene rings is 1. The maximum Gasteiger partial charge on any atom is 0.137 e. The Labute approximate surface area is 113 Å². The molecule has 0 spiro atoms. The van der Waals surface area contributed by atoms with Crippen molar-refractivity contribution in [3.05, 3.63) is 40.9 Å².